The predicted octanol–water partition coefficient (Wildman–Crippen LogP) is 4.27. The molecule has 200 valence electrons. The minimum atomic E-state index is -2.04. The van der Waals surface area contributed by atoms with E-state index in [-0.39, 0.29) is 18.6 Å². The molecule has 1 atom stereocenters. The molecule has 0 amide bonds. The van der Waals surface area contributed by atoms with Crippen molar-refractivity contribution in [2.24, 2.45) is 0 Å². The van der Waals surface area contributed by atoms with Crippen LogP contribution in [0.4, 0.5) is 0 Å². The molecule has 3 aromatic carbocycles. The third kappa shape index (κ3) is 4.96. The summed E-state index contributed by atoms with van der Waals surface area (Å²) < 4.78 is 30.1. The Balaban J connectivity index is 1.68. The molecule has 1 N–H and O–H groups in total. The number of ether oxygens (including phenoxy) is 4. The SMILES string of the molecule is COC(=O)COc1cc(OC)ccc1CC1=C(c2ccc3nsnc3c2)C(=O)OC1(O)c1ccc(C)c(C)c1. The predicted molar refractivity (Wildman–Crippen MR) is 144 cm³/mol. The van der Waals surface area contributed by atoms with Crippen molar-refractivity contribution >= 4 is 40.3 Å². The van der Waals surface area contributed by atoms with E-state index in [0.717, 1.165) is 22.9 Å². The lowest BCUT2D eigenvalue weighted by molar-refractivity contribution is -0.185. The van der Waals surface area contributed by atoms with Crippen molar-refractivity contribution in [1.82, 2.24) is 8.75 Å². The first kappa shape index (κ1) is 26.3. The van der Waals surface area contributed by atoms with Crippen LogP contribution in [0.3, 0.4) is 0 Å². The topological polar surface area (TPSA) is 117 Å². The van der Waals surface area contributed by atoms with Crippen LogP contribution in [0.1, 0.15) is 27.8 Å². The van der Waals surface area contributed by atoms with Crippen LogP contribution in [0, 0.1) is 13.8 Å². The lowest BCUT2D eigenvalue weighted by Gasteiger charge is -2.27. The van der Waals surface area contributed by atoms with E-state index in [9.17, 15) is 14.7 Å². The van der Waals surface area contributed by atoms with Crippen LogP contribution in [0.15, 0.2) is 60.2 Å². The summed E-state index contributed by atoms with van der Waals surface area (Å²) in [5.74, 6) is -2.41. The number of nitrogens with zero attached hydrogens (tertiary/aromatic N) is 2. The molecule has 5 rings (SSSR count). The molecule has 0 bridgehead atoms. The molecule has 0 saturated carbocycles. The first-order chi connectivity index (χ1) is 18.7. The van der Waals surface area contributed by atoms with E-state index < -0.39 is 17.7 Å². The Bertz CT molecular complexity index is 1630. The first-order valence-corrected chi connectivity index (χ1v) is 12.8. The van der Waals surface area contributed by atoms with Gasteiger partial charge in [-0.25, -0.2) is 9.59 Å². The van der Waals surface area contributed by atoms with E-state index in [4.69, 9.17) is 18.9 Å². The van der Waals surface area contributed by atoms with Gasteiger partial charge in [0.25, 0.3) is 5.79 Å². The Morgan fingerprint density at radius 3 is 2.54 bits per heavy atom. The largest absolute Gasteiger partial charge is 0.497 e. The van der Waals surface area contributed by atoms with E-state index >= 15 is 0 Å². The number of hydrogen-bond acceptors (Lipinski definition) is 10. The second-order valence-corrected chi connectivity index (χ2v) is 9.70. The third-order valence-corrected chi connectivity index (χ3v) is 7.37. The molecular weight excluding hydrogens is 520 g/mol. The Hall–Kier alpha value is -4.28. The third-order valence-electron chi connectivity index (χ3n) is 6.81. The van der Waals surface area contributed by atoms with Gasteiger partial charge < -0.3 is 24.1 Å². The van der Waals surface area contributed by atoms with Gasteiger partial charge in [-0.3, -0.25) is 0 Å². The lowest BCUT2D eigenvalue weighted by Crippen LogP contribution is -2.30. The molecule has 0 spiro atoms. The molecule has 0 radical (unpaired) electrons. The highest BCUT2D eigenvalue weighted by molar-refractivity contribution is 7.00. The molecule has 1 aromatic heterocycles. The number of fused-ring (bicyclic) bond motifs is 1. The number of esters is 2. The van der Waals surface area contributed by atoms with Crippen LogP contribution in [0.5, 0.6) is 11.5 Å². The van der Waals surface area contributed by atoms with Crippen molar-refractivity contribution in [1.29, 1.82) is 0 Å². The van der Waals surface area contributed by atoms with Gasteiger partial charge in [0.1, 0.15) is 22.5 Å². The average molecular weight is 547 g/mol. The minimum Gasteiger partial charge on any atom is -0.497 e. The van der Waals surface area contributed by atoms with Crippen LogP contribution < -0.4 is 9.47 Å². The van der Waals surface area contributed by atoms with Crippen LogP contribution >= 0.6 is 11.7 Å². The fraction of sp³-hybridized carbons (Fsp3) is 0.241. The van der Waals surface area contributed by atoms with Gasteiger partial charge in [-0.05, 0) is 60.4 Å². The van der Waals surface area contributed by atoms with Crippen LogP contribution in [0.2, 0.25) is 0 Å². The number of carbonyl (C=O) groups excluding carboxylic acids is 2. The van der Waals surface area contributed by atoms with Crippen molar-refractivity contribution < 1.29 is 33.6 Å². The molecule has 0 saturated heterocycles. The Morgan fingerprint density at radius 1 is 1.00 bits per heavy atom. The lowest BCUT2D eigenvalue weighted by atomic mass is 9.87. The van der Waals surface area contributed by atoms with Crippen molar-refractivity contribution in [3.63, 3.8) is 0 Å². The molecule has 1 unspecified atom stereocenters. The highest BCUT2D eigenvalue weighted by atomic mass is 32.1. The van der Waals surface area contributed by atoms with Crippen LogP contribution in [-0.4, -0.2) is 46.6 Å². The fourth-order valence-electron chi connectivity index (χ4n) is 4.49. The standard InChI is InChI=1S/C29H26N2O7S/c1-16-5-8-20(11-17(16)2)29(34)22(12-18-6-9-21(35-3)14-25(18)37-15-26(32)36-4)27(28(33)38-29)19-7-10-23-24(13-19)31-39-30-23/h5-11,13-14,34H,12,15H2,1-4H3. The number of rotatable bonds is 8. The van der Waals surface area contributed by atoms with E-state index in [1.807, 2.05) is 26.0 Å². The summed E-state index contributed by atoms with van der Waals surface area (Å²) in [6, 6.07) is 15.8. The maximum atomic E-state index is 13.4. The zero-order valence-electron chi connectivity index (χ0n) is 21.8. The number of cyclic esters (lactones) is 1. The maximum absolute atomic E-state index is 13.4. The molecular formula is C29H26N2O7S. The second-order valence-electron chi connectivity index (χ2n) is 9.17. The van der Waals surface area contributed by atoms with Gasteiger partial charge in [0.2, 0.25) is 0 Å². The van der Waals surface area contributed by atoms with Crippen molar-refractivity contribution in [3.8, 4) is 11.5 Å². The van der Waals surface area contributed by atoms with Crippen molar-refractivity contribution in [2.75, 3.05) is 20.8 Å². The summed E-state index contributed by atoms with van der Waals surface area (Å²) in [7, 11) is 2.79. The Morgan fingerprint density at radius 2 is 1.79 bits per heavy atom. The van der Waals surface area contributed by atoms with Crippen molar-refractivity contribution in [3.05, 3.63) is 88.0 Å². The van der Waals surface area contributed by atoms with E-state index in [1.165, 1.54) is 14.2 Å². The monoisotopic (exact) mass is 546 g/mol. The summed E-state index contributed by atoms with van der Waals surface area (Å²) in [5, 5.41) is 12.1. The van der Waals surface area contributed by atoms with Crippen LogP contribution in [-0.2, 0) is 31.3 Å². The van der Waals surface area contributed by atoms with Gasteiger partial charge >= 0.3 is 11.9 Å². The number of aryl methyl sites for hydroxylation is 2. The van der Waals surface area contributed by atoms with E-state index in [0.29, 0.717) is 44.8 Å². The number of aliphatic hydroxyl groups is 1. The molecule has 1 aliphatic heterocycles. The number of hydrogen-bond donors (Lipinski definition) is 1. The molecule has 0 aliphatic carbocycles. The second kappa shape index (κ2) is 10.5. The molecule has 2 heterocycles. The number of carbonyl (C=O) groups is 2. The maximum Gasteiger partial charge on any atom is 0.343 e. The number of methoxy groups -OCH3 is 2. The highest BCUT2D eigenvalue weighted by Gasteiger charge is 2.48. The molecule has 39 heavy (non-hydrogen) atoms. The Labute approximate surface area is 228 Å². The van der Waals surface area contributed by atoms with E-state index in [2.05, 4.69) is 8.75 Å². The zero-order chi connectivity index (χ0) is 27.7. The minimum absolute atomic E-state index is 0.0678. The average Bonchev–Trinajstić information content (AvgIpc) is 3.50. The fourth-order valence-corrected chi connectivity index (χ4v) is 5.01. The van der Waals surface area contributed by atoms with Gasteiger partial charge in [0.15, 0.2) is 6.61 Å². The number of benzene rings is 3. The van der Waals surface area contributed by atoms with Gasteiger partial charge in [-0.15, -0.1) is 0 Å². The molecule has 0 fully saturated rings. The summed E-state index contributed by atoms with van der Waals surface area (Å²) in [6.07, 6.45) is 0.0678. The van der Waals surface area contributed by atoms with Gasteiger partial charge in [0, 0.05) is 23.6 Å². The Kier molecular flexibility index (Phi) is 7.07. The van der Waals surface area contributed by atoms with E-state index in [1.54, 1.807) is 42.5 Å². The first-order valence-electron chi connectivity index (χ1n) is 12.1. The molecule has 10 heteroatoms. The zero-order valence-corrected chi connectivity index (χ0v) is 22.6. The summed E-state index contributed by atoms with van der Waals surface area (Å²) >= 11 is 1.08. The molecule has 9 nitrogen and oxygen atoms in total. The normalized spacial score (nSPS) is 16.9. The highest BCUT2D eigenvalue weighted by Crippen LogP contribution is 2.46. The van der Waals surface area contributed by atoms with Crippen LogP contribution in [0.25, 0.3) is 16.6 Å². The smallest absolute Gasteiger partial charge is 0.343 e. The van der Waals surface area contributed by atoms with Crippen molar-refractivity contribution in [2.45, 2.75) is 26.1 Å². The summed E-state index contributed by atoms with van der Waals surface area (Å²) in [4.78, 5) is 25.2. The molecule has 1 aliphatic rings. The van der Waals surface area contributed by atoms with Gasteiger partial charge in [-0.2, -0.15) is 8.75 Å². The number of aromatic nitrogens is 2. The molecule has 4 aromatic rings. The van der Waals surface area contributed by atoms with Gasteiger partial charge in [0.05, 0.1) is 31.5 Å². The van der Waals surface area contributed by atoms with Gasteiger partial charge in [-0.1, -0.05) is 24.3 Å². The summed E-state index contributed by atoms with van der Waals surface area (Å²) in [6.45, 7) is 3.56. The summed E-state index contributed by atoms with van der Waals surface area (Å²) in [5.41, 5.74) is 5.42. The quantitative estimate of drug-likeness (QED) is 0.323.